The van der Waals surface area contributed by atoms with E-state index in [0.717, 1.165) is 0 Å². The Balaban J connectivity index is 0.000000345. The molecule has 5 N–H and O–H groups in total. The van der Waals surface area contributed by atoms with E-state index in [2.05, 4.69) is 20.6 Å². The van der Waals surface area contributed by atoms with Gasteiger partial charge in [0.15, 0.2) is 5.82 Å². The van der Waals surface area contributed by atoms with E-state index >= 15 is 0 Å². The number of hydrogen-bond donors (Lipinski definition) is 5. The van der Waals surface area contributed by atoms with Crippen molar-refractivity contribution in [1.82, 2.24) is 20.6 Å². The molecule has 12 heteroatoms. The van der Waals surface area contributed by atoms with Crippen molar-refractivity contribution in [2.24, 2.45) is 0 Å². The number of nitrogens with zero attached hydrogens (tertiary/aromatic N) is 1. The fraction of sp³-hybridized carbons (Fsp3) is 0.375. The molecule has 0 unspecified atom stereocenters. The van der Waals surface area contributed by atoms with Crippen LogP contribution >= 0.6 is 0 Å². The van der Waals surface area contributed by atoms with Gasteiger partial charge in [0, 0.05) is 19.7 Å². The number of benzene rings is 1. The Morgan fingerprint density at radius 1 is 1.25 bits per heavy atom. The first kappa shape index (κ1) is 21.3. The van der Waals surface area contributed by atoms with Crippen molar-refractivity contribution in [3.63, 3.8) is 0 Å². The quantitative estimate of drug-likeness (QED) is 0.485. The molecule has 9 nitrogen and oxygen atoms in total. The maximum Gasteiger partial charge on any atom is 0.490 e. The number of aromatic nitrogens is 2. The predicted molar refractivity (Wildman–Crippen MR) is 90.8 cm³/mol. The predicted octanol–water partition coefficient (Wildman–Crippen LogP) is 0.0106. The van der Waals surface area contributed by atoms with Crippen molar-refractivity contribution in [2.45, 2.75) is 18.1 Å². The lowest BCUT2D eigenvalue weighted by atomic mass is 9.89. The van der Waals surface area contributed by atoms with E-state index in [0.29, 0.717) is 30.4 Å². The Morgan fingerprint density at radius 2 is 1.86 bits per heavy atom. The highest BCUT2D eigenvalue weighted by molar-refractivity contribution is 5.93. The van der Waals surface area contributed by atoms with Gasteiger partial charge in [0.1, 0.15) is 0 Å². The highest BCUT2D eigenvalue weighted by atomic mass is 19.4. The van der Waals surface area contributed by atoms with E-state index in [1.807, 2.05) is 0 Å². The fourth-order valence-electron chi connectivity index (χ4n) is 2.46. The summed E-state index contributed by atoms with van der Waals surface area (Å²) in [6.45, 7) is 1.18. The third-order valence-corrected chi connectivity index (χ3v) is 3.97. The zero-order valence-electron chi connectivity index (χ0n) is 14.3. The number of carbonyl (C=O) groups is 2. The number of amides is 1. The Labute approximate surface area is 155 Å². The van der Waals surface area contributed by atoms with Gasteiger partial charge in [-0.2, -0.15) is 13.2 Å². The molecule has 1 aromatic carbocycles. The summed E-state index contributed by atoms with van der Waals surface area (Å²) in [5.74, 6) is -3.21. The summed E-state index contributed by atoms with van der Waals surface area (Å²) in [5, 5.41) is 22.6. The minimum absolute atomic E-state index is 0.0103. The molecule has 0 bridgehead atoms. The third-order valence-electron chi connectivity index (χ3n) is 3.97. The number of nitrogens with one attached hydrogen (secondary N) is 3. The fourth-order valence-corrected chi connectivity index (χ4v) is 2.46. The number of alkyl halides is 3. The summed E-state index contributed by atoms with van der Waals surface area (Å²) in [7, 11) is 0. The van der Waals surface area contributed by atoms with Gasteiger partial charge in [0.25, 0.3) is 11.5 Å². The van der Waals surface area contributed by atoms with E-state index in [9.17, 15) is 22.8 Å². The molecule has 0 aliphatic carbocycles. The molecule has 3 rings (SSSR count). The molecule has 1 fully saturated rings. The second-order valence-corrected chi connectivity index (χ2v) is 6.05. The van der Waals surface area contributed by atoms with Crippen LogP contribution in [0.1, 0.15) is 17.0 Å². The topological polar surface area (TPSA) is 144 Å². The van der Waals surface area contributed by atoms with Gasteiger partial charge in [-0.15, -0.1) is 0 Å². The number of hydrogen-bond acceptors (Lipinski definition) is 6. The molecule has 1 amide bonds. The first-order valence-corrected chi connectivity index (χ1v) is 8.01. The molecule has 152 valence electrons. The van der Waals surface area contributed by atoms with Crippen LogP contribution in [-0.4, -0.2) is 63.5 Å². The molecule has 0 saturated carbocycles. The summed E-state index contributed by atoms with van der Waals surface area (Å²) < 4.78 is 31.7. The number of aliphatic carboxylic acids is 1. The maximum absolute atomic E-state index is 12.3. The molecule has 1 aliphatic heterocycles. The molecule has 2 heterocycles. The minimum atomic E-state index is -5.08. The smallest absolute Gasteiger partial charge is 0.475 e. The summed E-state index contributed by atoms with van der Waals surface area (Å²) in [6.07, 6.45) is -4.62. The highest BCUT2D eigenvalue weighted by Gasteiger charge is 2.39. The van der Waals surface area contributed by atoms with Crippen LogP contribution in [0.15, 0.2) is 29.1 Å². The van der Waals surface area contributed by atoms with Crippen LogP contribution < -0.4 is 16.2 Å². The molecular weight excluding hydrogens is 385 g/mol. The summed E-state index contributed by atoms with van der Waals surface area (Å²) in [5.41, 5.74) is -0.321. The Bertz CT molecular complexity index is 924. The Hall–Kier alpha value is -2.99. The zero-order valence-corrected chi connectivity index (χ0v) is 14.3. The molecular formula is C16H17F3N4O5. The monoisotopic (exact) mass is 402 g/mol. The zero-order chi connectivity index (χ0) is 20.9. The first-order chi connectivity index (χ1) is 13.1. The van der Waals surface area contributed by atoms with Crippen molar-refractivity contribution < 1.29 is 33.0 Å². The van der Waals surface area contributed by atoms with Gasteiger partial charge in [0.2, 0.25) is 0 Å². The summed E-state index contributed by atoms with van der Waals surface area (Å²) in [6, 6.07) is 6.86. The van der Waals surface area contributed by atoms with Gasteiger partial charge in [-0.25, -0.2) is 9.78 Å². The van der Waals surface area contributed by atoms with E-state index in [4.69, 9.17) is 15.0 Å². The van der Waals surface area contributed by atoms with Gasteiger partial charge in [0.05, 0.1) is 16.4 Å². The second kappa shape index (κ2) is 8.35. The lowest BCUT2D eigenvalue weighted by molar-refractivity contribution is -0.192. The number of carboxylic acids is 1. The molecule has 0 atom stereocenters. The van der Waals surface area contributed by atoms with Gasteiger partial charge < -0.3 is 25.8 Å². The van der Waals surface area contributed by atoms with Crippen LogP contribution in [0.25, 0.3) is 10.9 Å². The largest absolute Gasteiger partial charge is 0.490 e. The minimum Gasteiger partial charge on any atom is -0.475 e. The van der Waals surface area contributed by atoms with E-state index in [1.54, 1.807) is 24.3 Å². The lowest BCUT2D eigenvalue weighted by Gasteiger charge is -2.42. The van der Waals surface area contributed by atoms with Crippen molar-refractivity contribution in [1.29, 1.82) is 0 Å². The lowest BCUT2D eigenvalue weighted by Crippen LogP contribution is -2.69. The van der Waals surface area contributed by atoms with Crippen molar-refractivity contribution in [2.75, 3.05) is 19.7 Å². The van der Waals surface area contributed by atoms with E-state index in [-0.39, 0.29) is 18.0 Å². The van der Waals surface area contributed by atoms with Crippen LogP contribution in [0.5, 0.6) is 0 Å². The van der Waals surface area contributed by atoms with E-state index < -0.39 is 23.6 Å². The first-order valence-electron chi connectivity index (χ1n) is 8.01. The Kier molecular flexibility index (Phi) is 6.36. The SMILES string of the molecule is O=C(NC1(CCO)CNC1)c1nc2ccccc2c(=O)[nH]1.O=C(O)C(F)(F)F. The number of halogens is 3. The number of aliphatic hydroxyl groups is 1. The number of H-pyrrole nitrogens is 1. The molecule has 1 aromatic heterocycles. The number of fused-ring (bicyclic) bond motifs is 1. The molecule has 0 radical (unpaired) electrons. The van der Waals surface area contributed by atoms with Gasteiger partial charge in [-0.05, 0) is 18.6 Å². The number of carbonyl (C=O) groups excluding carboxylic acids is 1. The van der Waals surface area contributed by atoms with Crippen molar-refractivity contribution in [3.05, 3.63) is 40.4 Å². The summed E-state index contributed by atoms with van der Waals surface area (Å²) in [4.78, 5) is 39.8. The van der Waals surface area contributed by atoms with E-state index in [1.165, 1.54) is 0 Å². The number of para-hydroxylation sites is 1. The average Bonchev–Trinajstić information content (AvgIpc) is 2.59. The molecule has 28 heavy (non-hydrogen) atoms. The highest BCUT2D eigenvalue weighted by Crippen LogP contribution is 2.16. The van der Waals surface area contributed by atoms with Gasteiger partial charge >= 0.3 is 12.1 Å². The number of carboxylic acid groups (broad SMARTS) is 1. The maximum atomic E-state index is 12.3. The molecule has 1 saturated heterocycles. The summed E-state index contributed by atoms with van der Waals surface area (Å²) >= 11 is 0. The third kappa shape index (κ3) is 5.04. The molecule has 0 spiro atoms. The molecule has 2 aromatic rings. The molecule has 1 aliphatic rings. The van der Waals surface area contributed by atoms with Gasteiger partial charge in [-0.1, -0.05) is 12.1 Å². The second-order valence-electron chi connectivity index (χ2n) is 6.05. The average molecular weight is 402 g/mol. The van der Waals surface area contributed by atoms with Gasteiger partial charge in [-0.3, -0.25) is 9.59 Å². The standard InChI is InChI=1S/C14H16N4O3.C2HF3O2/c19-6-5-14(7-15-8-14)18-13(21)11-16-10-4-2-1-3-9(10)12(20)17-11;3-2(4,5)1(6)7/h1-4,15,19H,5-8H2,(H,18,21)(H,16,17,20);(H,6,7). The number of aromatic amines is 1. The number of aliphatic hydroxyl groups excluding tert-OH is 1. The van der Waals surface area contributed by atoms with Crippen LogP contribution in [0.3, 0.4) is 0 Å². The van der Waals surface area contributed by atoms with Crippen molar-refractivity contribution >= 4 is 22.8 Å². The van der Waals surface area contributed by atoms with Crippen LogP contribution in [0.2, 0.25) is 0 Å². The number of rotatable bonds is 4. The Morgan fingerprint density at radius 3 is 2.36 bits per heavy atom. The van der Waals surface area contributed by atoms with Crippen LogP contribution in [0.4, 0.5) is 13.2 Å². The van der Waals surface area contributed by atoms with Crippen LogP contribution in [0, 0.1) is 0 Å². The van der Waals surface area contributed by atoms with Crippen molar-refractivity contribution in [3.8, 4) is 0 Å². The normalized spacial score (nSPS) is 15.1. The van der Waals surface area contributed by atoms with Crippen LogP contribution in [-0.2, 0) is 4.79 Å².